The van der Waals surface area contributed by atoms with Gasteiger partial charge in [-0.15, -0.1) is 0 Å². The molecule has 10 heteroatoms. The van der Waals surface area contributed by atoms with Gasteiger partial charge in [-0.3, -0.25) is 0 Å². The van der Waals surface area contributed by atoms with E-state index in [1.807, 2.05) is 0 Å². The molecule has 0 bridgehead atoms. The molecule has 0 spiro atoms. The van der Waals surface area contributed by atoms with E-state index in [0.717, 1.165) is 57.7 Å². The first-order valence-corrected chi connectivity index (χ1v) is 31.5. The predicted octanol–water partition coefficient (Wildman–Crippen LogP) is -1.55. The molecule has 338 valence electrons. The number of nitrogens with zero attached hydrogens (tertiary/aromatic N) is 7. The summed E-state index contributed by atoms with van der Waals surface area (Å²) < 4.78 is 10.2. The third kappa shape index (κ3) is 15.5. The van der Waals surface area contributed by atoms with Crippen molar-refractivity contribution in [2.75, 3.05) is 91.6 Å². The molecule has 4 atom stereocenters. The van der Waals surface area contributed by atoms with Gasteiger partial charge in [0.1, 0.15) is 0 Å². The summed E-state index contributed by atoms with van der Waals surface area (Å²) in [7, 11) is 0. The fourth-order valence-electron chi connectivity index (χ4n) is 11.0. The first-order valence-electron chi connectivity index (χ1n) is 24.6. The van der Waals surface area contributed by atoms with E-state index >= 15 is 0 Å². The molecule has 0 radical (unpaired) electrons. The van der Waals surface area contributed by atoms with Gasteiger partial charge < -0.3 is 0 Å². The van der Waals surface area contributed by atoms with Crippen LogP contribution < -0.4 is 64.2 Å². The van der Waals surface area contributed by atoms with E-state index in [1.54, 1.807) is 0 Å². The average molecular weight is 1140 g/mol. The monoisotopic (exact) mass is 1130 g/mol. The number of alkyl halides is 4. The molecular weight excluding hydrogens is 1040 g/mol. The molecule has 6 aliphatic heterocycles. The summed E-state index contributed by atoms with van der Waals surface area (Å²) in [6.45, 7) is 38.8. The number of likely N-dealkylation sites (tertiary alicyclic amines) is 4. The van der Waals surface area contributed by atoms with Crippen LogP contribution in [-0.2, 0) is 0 Å². The molecule has 0 aromatic carbocycles. The molecule has 7 nitrogen and oxygen atoms in total. The number of hydrogen-bond acceptors (Lipinski definition) is 7. The molecular formula is C47H91I3N7-3. The van der Waals surface area contributed by atoms with E-state index in [1.165, 1.54) is 182 Å². The summed E-state index contributed by atoms with van der Waals surface area (Å²) in [4.78, 5) is 14.0. The first-order chi connectivity index (χ1) is 27.5. The van der Waals surface area contributed by atoms with Crippen molar-refractivity contribution in [2.24, 2.45) is 11.8 Å². The van der Waals surface area contributed by atoms with Gasteiger partial charge in [0.15, 0.2) is 0 Å². The standard InChI is InChI=1S/C47H91I3N7/c1-37(2)51-23-15-44(16-24-51)48-45-17-27-53(28-18-45)40(6)10-9-39(5)43-13-31-56(32-14-43)49-47-21-29-54(30-22-47)41(7)11-12-42(8)55-33-35-57(36-34-55)50-46-19-25-52(26-20-46)38(3)4/h37-47H,9-36H2,1-8H3/q-3. The fraction of sp³-hybridized carbons (Fsp3) is 1.00. The fourth-order valence-corrected chi connectivity index (χ4v) is 21.6. The minimum absolute atomic E-state index is 0.207. The van der Waals surface area contributed by atoms with Gasteiger partial charge in [-0.05, 0) is 0 Å². The van der Waals surface area contributed by atoms with Crippen LogP contribution in [0.3, 0.4) is 0 Å². The van der Waals surface area contributed by atoms with Crippen LogP contribution >= 0.6 is 0 Å². The predicted molar refractivity (Wildman–Crippen MR) is 232 cm³/mol. The third-order valence-electron chi connectivity index (χ3n) is 15.7. The van der Waals surface area contributed by atoms with E-state index in [2.05, 4.69) is 86.1 Å². The molecule has 6 aliphatic rings. The van der Waals surface area contributed by atoms with Gasteiger partial charge in [0.05, 0.1) is 0 Å². The molecule has 57 heavy (non-hydrogen) atoms. The van der Waals surface area contributed by atoms with Gasteiger partial charge in [-0.2, -0.15) is 0 Å². The number of hydrogen-bond donors (Lipinski definition) is 0. The Morgan fingerprint density at radius 1 is 0.351 bits per heavy atom. The van der Waals surface area contributed by atoms with Crippen molar-refractivity contribution in [1.82, 2.24) is 30.7 Å². The second kappa shape index (κ2) is 24.8. The zero-order chi connectivity index (χ0) is 40.3. The van der Waals surface area contributed by atoms with Crippen molar-refractivity contribution in [3.05, 3.63) is 0 Å². The summed E-state index contributed by atoms with van der Waals surface area (Å²) in [6.07, 6.45) is 20.4. The van der Waals surface area contributed by atoms with Crippen molar-refractivity contribution in [2.45, 2.75) is 191 Å². The number of piperazine rings is 1. The molecule has 0 N–H and O–H groups in total. The Hall–Kier alpha value is 1.91. The molecule has 4 unspecified atom stereocenters. The van der Waals surface area contributed by atoms with Crippen LogP contribution in [0.15, 0.2) is 0 Å². The summed E-state index contributed by atoms with van der Waals surface area (Å²) in [5.41, 5.74) is 0. The first kappa shape index (κ1) is 48.4. The molecule has 6 saturated heterocycles. The molecule has 6 rings (SSSR count). The molecule has 6 fully saturated rings. The number of piperidine rings is 5. The van der Waals surface area contributed by atoms with Crippen LogP contribution in [0.2, 0.25) is 0 Å². The minimum atomic E-state index is 0.207. The molecule has 0 aromatic heterocycles. The van der Waals surface area contributed by atoms with E-state index < -0.39 is 0 Å². The topological polar surface area (TPSA) is 22.7 Å². The number of rotatable bonds is 18. The Morgan fingerprint density at radius 2 is 0.684 bits per heavy atom. The SMILES string of the molecule is CC(CCC(C)N1CCC([I-]C2CCN(C(C)C)CC2)CC1)C1CCN([I-]C2CCN(C(C)CCC(C)N3CCN([I-]C4CCN(C(C)C)CC4)CC3)CC2)CC1. The van der Waals surface area contributed by atoms with Gasteiger partial charge in [0, 0.05) is 0 Å². The maximum absolute atomic E-state index is 2.98. The molecule has 0 saturated carbocycles. The summed E-state index contributed by atoms with van der Waals surface area (Å²) in [5.74, 6) is 1.89. The molecule has 0 aliphatic carbocycles. The van der Waals surface area contributed by atoms with Gasteiger partial charge in [-0.1, -0.05) is 0 Å². The Morgan fingerprint density at radius 3 is 1.09 bits per heavy atom. The van der Waals surface area contributed by atoms with E-state index in [4.69, 9.17) is 0 Å². The van der Waals surface area contributed by atoms with Gasteiger partial charge in [-0.25, -0.2) is 0 Å². The molecule has 0 amide bonds. The van der Waals surface area contributed by atoms with Crippen molar-refractivity contribution in [3.63, 3.8) is 0 Å². The second-order valence-corrected chi connectivity index (χ2v) is 31.8. The van der Waals surface area contributed by atoms with Crippen molar-refractivity contribution in [1.29, 1.82) is 0 Å². The van der Waals surface area contributed by atoms with Crippen LogP contribution in [0.1, 0.15) is 145 Å². The Bertz CT molecular complexity index is 1000. The summed E-state index contributed by atoms with van der Waals surface area (Å²) >= 11 is 0.817. The van der Waals surface area contributed by atoms with Gasteiger partial charge in [0.25, 0.3) is 0 Å². The van der Waals surface area contributed by atoms with Crippen molar-refractivity contribution >= 4 is 0 Å². The van der Waals surface area contributed by atoms with Crippen molar-refractivity contribution < 1.29 is 64.2 Å². The van der Waals surface area contributed by atoms with Crippen LogP contribution in [0, 0.1) is 11.8 Å². The third-order valence-corrected chi connectivity index (χ3v) is 27.8. The Kier molecular flexibility index (Phi) is 21.1. The average Bonchev–Trinajstić information content (AvgIpc) is 3.23. The zero-order valence-corrected chi connectivity index (χ0v) is 44.9. The van der Waals surface area contributed by atoms with Crippen LogP contribution in [-0.4, -0.2) is 168 Å². The van der Waals surface area contributed by atoms with Gasteiger partial charge >= 0.3 is 390 Å². The molecule has 0 aromatic rings. The quantitative estimate of drug-likeness (QED) is 0.0933. The second-order valence-electron chi connectivity index (χ2n) is 20.2. The van der Waals surface area contributed by atoms with E-state index in [0.29, 0.717) is 21.2 Å². The Labute approximate surface area is 386 Å². The van der Waals surface area contributed by atoms with Crippen molar-refractivity contribution in [3.8, 4) is 0 Å². The van der Waals surface area contributed by atoms with Gasteiger partial charge in [0.2, 0.25) is 0 Å². The maximum atomic E-state index is 2.98. The molecule has 6 heterocycles. The normalized spacial score (nSPS) is 28.3. The summed E-state index contributed by atoms with van der Waals surface area (Å²) in [5, 5.41) is 0. The van der Waals surface area contributed by atoms with Crippen LogP contribution in [0.4, 0.5) is 0 Å². The summed E-state index contributed by atoms with van der Waals surface area (Å²) in [6, 6.07) is 3.77. The zero-order valence-electron chi connectivity index (χ0n) is 38.4. The van der Waals surface area contributed by atoms with E-state index in [9.17, 15) is 0 Å². The van der Waals surface area contributed by atoms with Crippen LogP contribution in [0.25, 0.3) is 0 Å². The number of halogens is 3. The van der Waals surface area contributed by atoms with E-state index in [-0.39, 0.29) is 43.0 Å². The van der Waals surface area contributed by atoms with Crippen LogP contribution in [0.5, 0.6) is 0 Å². The Balaban J connectivity index is 0.771.